The van der Waals surface area contributed by atoms with Crippen molar-refractivity contribution in [3.8, 4) is 0 Å². The Morgan fingerprint density at radius 2 is 1.85 bits per heavy atom. The van der Waals surface area contributed by atoms with Crippen LogP contribution in [0.1, 0.15) is 64.1 Å². The number of likely N-dealkylation sites (N-methyl/N-ethyl adjacent to an activating group) is 1. The standard InChI is InChI=1S/C17H32N2O/c1-3-4-5-6-7-8-9-11-16(14-18)19(2)15-17-12-10-13-20-17/h10,12-13,16H,3-9,11,14-15,18H2,1-2H3. The van der Waals surface area contributed by atoms with E-state index in [9.17, 15) is 0 Å². The molecule has 1 heterocycles. The van der Waals surface area contributed by atoms with Crippen molar-refractivity contribution in [2.75, 3.05) is 13.6 Å². The summed E-state index contributed by atoms with van der Waals surface area (Å²) in [5.41, 5.74) is 5.91. The Hall–Kier alpha value is -0.800. The van der Waals surface area contributed by atoms with Crippen molar-refractivity contribution < 1.29 is 4.42 Å². The summed E-state index contributed by atoms with van der Waals surface area (Å²) >= 11 is 0. The molecule has 116 valence electrons. The van der Waals surface area contributed by atoms with Gasteiger partial charge < -0.3 is 10.2 Å². The predicted octanol–water partition coefficient (Wildman–Crippen LogP) is 4.18. The summed E-state index contributed by atoms with van der Waals surface area (Å²) in [5, 5.41) is 0. The van der Waals surface area contributed by atoms with Crippen LogP contribution in [-0.2, 0) is 6.54 Å². The third kappa shape index (κ3) is 7.11. The maximum Gasteiger partial charge on any atom is 0.117 e. The van der Waals surface area contributed by atoms with Crippen LogP contribution < -0.4 is 5.73 Å². The van der Waals surface area contributed by atoms with Crippen LogP contribution in [0.25, 0.3) is 0 Å². The van der Waals surface area contributed by atoms with Crippen LogP contribution in [0.15, 0.2) is 22.8 Å². The Kier molecular flexibility index (Phi) is 9.42. The lowest BCUT2D eigenvalue weighted by molar-refractivity contribution is 0.207. The Balaban J connectivity index is 2.12. The van der Waals surface area contributed by atoms with Gasteiger partial charge in [-0.25, -0.2) is 0 Å². The lowest BCUT2D eigenvalue weighted by Crippen LogP contribution is -2.37. The van der Waals surface area contributed by atoms with E-state index in [1.165, 1.54) is 51.4 Å². The van der Waals surface area contributed by atoms with Gasteiger partial charge in [0.25, 0.3) is 0 Å². The van der Waals surface area contributed by atoms with Crippen LogP contribution in [0.4, 0.5) is 0 Å². The van der Waals surface area contributed by atoms with Gasteiger partial charge in [0.15, 0.2) is 0 Å². The minimum atomic E-state index is 0.468. The molecule has 0 aromatic carbocycles. The van der Waals surface area contributed by atoms with E-state index in [0.717, 1.165) is 18.8 Å². The number of rotatable bonds is 12. The zero-order chi connectivity index (χ0) is 14.6. The van der Waals surface area contributed by atoms with Gasteiger partial charge in [0.05, 0.1) is 12.8 Å². The summed E-state index contributed by atoms with van der Waals surface area (Å²) in [6.07, 6.45) is 12.4. The molecule has 0 aliphatic heterocycles. The molecule has 3 heteroatoms. The lowest BCUT2D eigenvalue weighted by Gasteiger charge is -2.26. The first-order valence-corrected chi connectivity index (χ1v) is 8.20. The molecule has 1 rings (SSSR count). The highest BCUT2D eigenvalue weighted by atomic mass is 16.3. The van der Waals surface area contributed by atoms with E-state index >= 15 is 0 Å². The summed E-state index contributed by atoms with van der Waals surface area (Å²) < 4.78 is 5.40. The average molecular weight is 280 g/mol. The highest BCUT2D eigenvalue weighted by Gasteiger charge is 2.13. The summed E-state index contributed by atoms with van der Waals surface area (Å²) in [7, 11) is 2.14. The van der Waals surface area contributed by atoms with Crippen molar-refractivity contribution in [2.24, 2.45) is 5.73 Å². The average Bonchev–Trinajstić information content (AvgIpc) is 2.94. The topological polar surface area (TPSA) is 42.4 Å². The van der Waals surface area contributed by atoms with E-state index in [-0.39, 0.29) is 0 Å². The largest absolute Gasteiger partial charge is 0.468 e. The second kappa shape index (κ2) is 10.9. The van der Waals surface area contributed by atoms with E-state index in [4.69, 9.17) is 10.2 Å². The fourth-order valence-corrected chi connectivity index (χ4v) is 2.63. The van der Waals surface area contributed by atoms with Gasteiger partial charge in [0, 0.05) is 12.6 Å². The smallest absolute Gasteiger partial charge is 0.117 e. The predicted molar refractivity (Wildman–Crippen MR) is 85.6 cm³/mol. The number of furan rings is 1. The Morgan fingerprint density at radius 3 is 2.45 bits per heavy atom. The zero-order valence-corrected chi connectivity index (χ0v) is 13.3. The van der Waals surface area contributed by atoms with E-state index < -0.39 is 0 Å². The van der Waals surface area contributed by atoms with Gasteiger partial charge in [0.1, 0.15) is 5.76 Å². The second-order valence-electron chi connectivity index (χ2n) is 5.79. The molecule has 1 atom stereocenters. The molecule has 0 radical (unpaired) electrons. The monoisotopic (exact) mass is 280 g/mol. The van der Waals surface area contributed by atoms with Crippen LogP contribution in [-0.4, -0.2) is 24.5 Å². The Morgan fingerprint density at radius 1 is 1.15 bits per heavy atom. The van der Waals surface area contributed by atoms with Crippen LogP contribution in [0.2, 0.25) is 0 Å². The first kappa shape index (κ1) is 17.3. The van der Waals surface area contributed by atoms with E-state index in [0.29, 0.717) is 6.04 Å². The molecule has 0 fully saturated rings. The van der Waals surface area contributed by atoms with E-state index in [1.807, 2.05) is 12.1 Å². The van der Waals surface area contributed by atoms with Crippen molar-refractivity contribution in [3.63, 3.8) is 0 Å². The fourth-order valence-electron chi connectivity index (χ4n) is 2.63. The highest BCUT2D eigenvalue weighted by molar-refractivity contribution is 4.98. The molecular weight excluding hydrogens is 248 g/mol. The van der Waals surface area contributed by atoms with Crippen LogP contribution in [0.5, 0.6) is 0 Å². The van der Waals surface area contributed by atoms with Crippen LogP contribution in [0.3, 0.4) is 0 Å². The van der Waals surface area contributed by atoms with Gasteiger partial charge in [-0.2, -0.15) is 0 Å². The summed E-state index contributed by atoms with van der Waals surface area (Å²) in [5.74, 6) is 1.02. The molecule has 1 unspecified atom stereocenters. The third-order valence-electron chi connectivity index (χ3n) is 4.02. The maximum atomic E-state index is 5.91. The molecule has 0 spiro atoms. The number of nitrogens with two attached hydrogens (primary N) is 1. The SMILES string of the molecule is CCCCCCCCCC(CN)N(C)Cc1ccco1. The van der Waals surface area contributed by atoms with Gasteiger partial charge in [-0.05, 0) is 25.6 Å². The number of hydrogen-bond acceptors (Lipinski definition) is 3. The van der Waals surface area contributed by atoms with Crippen molar-refractivity contribution in [1.29, 1.82) is 0 Å². The fraction of sp³-hybridized carbons (Fsp3) is 0.765. The molecule has 0 bridgehead atoms. The van der Waals surface area contributed by atoms with Gasteiger partial charge in [-0.3, -0.25) is 4.90 Å². The van der Waals surface area contributed by atoms with Gasteiger partial charge in [-0.1, -0.05) is 51.9 Å². The van der Waals surface area contributed by atoms with Crippen LogP contribution in [0, 0.1) is 0 Å². The maximum absolute atomic E-state index is 5.91. The molecule has 0 aliphatic rings. The first-order chi connectivity index (χ1) is 9.77. The second-order valence-corrected chi connectivity index (χ2v) is 5.79. The van der Waals surface area contributed by atoms with Crippen molar-refractivity contribution in [1.82, 2.24) is 4.90 Å². The Labute approximate surface area is 124 Å². The summed E-state index contributed by atoms with van der Waals surface area (Å²) in [6, 6.07) is 4.44. The zero-order valence-electron chi connectivity index (χ0n) is 13.3. The summed E-state index contributed by atoms with van der Waals surface area (Å²) in [4.78, 5) is 2.32. The summed E-state index contributed by atoms with van der Waals surface area (Å²) in [6.45, 7) is 3.85. The van der Waals surface area contributed by atoms with E-state index in [1.54, 1.807) is 6.26 Å². The quantitative estimate of drug-likeness (QED) is 0.584. The number of nitrogens with zero attached hydrogens (tertiary/aromatic N) is 1. The normalized spacial score (nSPS) is 13.0. The molecule has 3 nitrogen and oxygen atoms in total. The number of hydrogen-bond donors (Lipinski definition) is 1. The molecule has 0 saturated carbocycles. The molecular formula is C17H32N2O. The molecule has 0 amide bonds. The van der Waals surface area contributed by atoms with Crippen molar-refractivity contribution >= 4 is 0 Å². The van der Waals surface area contributed by atoms with Gasteiger partial charge in [0.2, 0.25) is 0 Å². The van der Waals surface area contributed by atoms with Crippen molar-refractivity contribution in [3.05, 3.63) is 24.2 Å². The first-order valence-electron chi connectivity index (χ1n) is 8.20. The Bertz CT molecular complexity index is 311. The van der Waals surface area contributed by atoms with Crippen molar-refractivity contribution in [2.45, 2.75) is 70.9 Å². The molecule has 2 N–H and O–H groups in total. The minimum absolute atomic E-state index is 0.468. The molecule has 0 saturated heterocycles. The van der Waals surface area contributed by atoms with Crippen LogP contribution >= 0.6 is 0 Å². The molecule has 1 aromatic heterocycles. The van der Waals surface area contributed by atoms with Gasteiger partial charge >= 0.3 is 0 Å². The molecule has 20 heavy (non-hydrogen) atoms. The van der Waals surface area contributed by atoms with Gasteiger partial charge in [-0.15, -0.1) is 0 Å². The third-order valence-corrected chi connectivity index (χ3v) is 4.02. The lowest BCUT2D eigenvalue weighted by atomic mass is 10.0. The number of unbranched alkanes of at least 4 members (excludes halogenated alkanes) is 6. The molecule has 1 aromatic rings. The highest BCUT2D eigenvalue weighted by Crippen LogP contribution is 2.14. The molecule has 0 aliphatic carbocycles. The minimum Gasteiger partial charge on any atom is -0.468 e. The van der Waals surface area contributed by atoms with E-state index in [2.05, 4.69) is 18.9 Å².